The Morgan fingerprint density at radius 3 is 1.90 bits per heavy atom. The van der Waals surface area contributed by atoms with Crippen LogP contribution in [0.3, 0.4) is 0 Å². The van der Waals surface area contributed by atoms with Crippen molar-refractivity contribution in [3.63, 3.8) is 0 Å². The van der Waals surface area contributed by atoms with Crippen molar-refractivity contribution in [2.75, 3.05) is 25.2 Å². The topological polar surface area (TPSA) is 197 Å². The molecule has 0 heterocycles. The molecule has 0 aromatic heterocycles. The Morgan fingerprint density at radius 1 is 0.931 bits per heavy atom. The fraction of sp³-hybridized carbons (Fsp3) is 0.765. The fourth-order valence-corrected chi connectivity index (χ4v) is 2.77. The Labute approximate surface area is 174 Å². The van der Waals surface area contributed by atoms with E-state index in [9.17, 15) is 19.2 Å². The van der Waals surface area contributed by atoms with E-state index in [1.807, 2.05) is 6.26 Å². The molecule has 3 amide bonds. The number of carboxylic acid groups (broad SMARTS) is 1. The number of carbonyl (C=O) groups excluding carboxylic acids is 3. The number of aliphatic carboxylic acids is 1. The summed E-state index contributed by atoms with van der Waals surface area (Å²) in [4.78, 5) is 48.1. The highest BCUT2D eigenvalue weighted by molar-refractivity contribution is 7.98. The maximum absolute atomic E-state index is 12.7. The zero-order valence-corrected chi connectivity index (χ0v) is 17.7. The molecule has 0 spiro atoms. The zero-order valence-electron chi connectivity index (χ0n) is 16.8. The van der Waals surface area contributed by atoms with Crippen LogP contribution >= 0.6 is 11.8 Å². The number of carboxylic acids is 1. The number of hydrogen-bond acceptors (Lipinski definition) is 8. The van der Waals surface area contributed by atoms with E-state index in [1.54, 1.807) is 0 Å². The van der Waals surface area contributed by atoms with Crippen molar-refractivity contribution in [3.05, 3.63) is 0 Å². The predicted octanol–water partition coefficient (Wildman–Crippen LogP) is -2.25. The number of amides is 3. The molecule has 0 aromatic carbocycles. The second kappa shape index (κ2) is 15.0. The van der Waals surface area contributed by atoms with Crippen molar-refractivity contribution in [2.24, 2.45) is 11.5 Å². The summed E-state index contributed by atoms with van der Waals surface area (Å²) < 4.78 is 0. The van der Waals surface area contributed by atoms with E-state index in [-0.39, 0.29) is 6.42 Å². The maximum atomic E-state index is 12.7. The minimum atomic E-state index is -1.48. The van der Waals surface area contributed by atoms with Crippen LogP contribution in [-0.2, 0) is 19.2 Å². The highest BCUT2D eigenvalue weighted by Gasteiger charge is 2.29. The number of unbranched alkanes of at least 4 members (excludes halogenated alkanes) is 1. The summed E-state index contributed by atoms with van der Waals surface area (Å²) in [6.07, 6.45) is 3.54. The van der Waals surface area contributed by atoms with Crippen molar-refractivity contribution in [3.8, 4) is 0 Å². The lowest BCUT2D eigenvalue weighted by Gasteiger charge is -2.24. The van der Waals surface area contributed by atoms with Gasteiger partial charge in [0.1, 0.15) is 18.1 Å². The first-order valence-electron chi connectivity index (χ1n) is 9.37. The third kappa shape index (κ3) is 11.0. The van der Waals surface area contributed by atoms with Crippen molar-refractivity contribution in [1.82, 2.24) is 16.0 Å². The SMILES string of the molecule is CSCCC(NC(=O)C(C)N)C(=O)NC(CCCCN)C(=O)NC(CO)C(=O)O. The van der Waals surface area contributed by atoms with Crippen LogP contribution < -0.4 is 27.4 Å². The lowest BCUT2D eigenvalue weighted by atomic mass is 10.1. The van der Waals surface area contributed by atoms with E-state index in [0.29, 0.717) is 31.6 Å². The van der Waals surface area contributed by atoms with Crippen molar-refractivity contribution in [2.45, 2.75) is 56.8 Å². The summed E-state index contributed by atoms with van der Waals surface area (Å²) in [7, 11) is 0. The predicted molar refractivity (Wildman–Crippen MR) is 110 cm³/mol. The van der Waals surface area contributed by atoms with Gasteiger partial charge < -0.3 is 37.6 Å². The molecule has 11 nitrogen and oxygen atoms in total. The Morgan fingerprint density at radius 2 is 1.45 bits per heavy atom. The van der Waals surface area contributed by atoms with E-state index in [1.165, 1.54) is 18.7 Å². The number of nitrogens with two attached hydrogens (primary N) is 2. The molecule has 0 bridgehead atoms. The van der Waals surface area contributed by atoms with Crippen LogP contribution in [0, 0.1) is 0 Å². The van der Waals surface area contributed by atoms with Crippen LogP contribution in [0.2, 0.25) is 0 Å². The number of thioether (sulfide) groups is 1. The van der Waals surface area contributed by atoms with E-state index >= 15 is 0 Å². The molecule has 9 N–H and O–H groups in total. The average Bonchev–Trinajstić information content (AvgIpc) is 2.67. The van der Waals surface area contributed by atoms with Gasteiger partial charge in [-0.25, -0.2) is 4.79 Å². The highest BCUT2D eigenvalue weighted by Crippen LogP contribution is 2.06. The van der Waals surface area contributed by atoms with Gasteiger partial charge in [0, 0.05) is 0 Å². The van der Waals surface area contributed by atoms with Crippen molar-refractivity contribution < 1.29 is 29.4 Å². The van der Waals surface area contributed by atoms with E-state index < -0.39 is 54.5 Å². The summed E-state index contributed by atoms with van der Waals surface area (Å²) in [5.74, 6) is -2.61. The van der Waals surface area contributed by atoms with Gasteiger partial charge >= 0.3 is 5.97 Å². The van der Waals surface area contributed by atoms with Crippen molar-refractivity contribution in [1.29, 1.82) is 0 Å². The normalized spacial score (nSPS) is 14.9. The minimum Gasteiger partial charge on any atom is -0.480 e. The second-order valence-corrected chi connectivity index (χ2v) is 7.54. The van der Waals surface area contributed by atoms with Gasteiger partial charge in [0.05, 0.1) is 12.6 Å². The largest absolute Gasteiger partial charge is 0.480 e. The Balaban J connectivity index is 5.26. The summed E-state index contributed by atoms with van der Waals surface area (Å²) in [6, 6.07) is -4.21. The molecule has 4 atom stereocenters. The third-order valence-electron chi connectivity index (χ3n) is 4.03. The van der Waals surface area contributed by atoms with Crippen LogP contribution in [-0.4, -0.2) is 83.2 Å². The maximum Gasteiger partial charge on any atom is 0.328 e. The number of carbonyl (C=O) groups is 4. The van der Waals surface area contributed by atoms with Crippen LogP contribution in [0.1, 0.15) is 32.6 Å². The molecule has 29 heavy (non-hydrogen) atoms. The van der Waals surface area contributed by atoms with Gasteiger partial charge in [0.25, 0.3) is 0 Å². The molecule has 0 aliphatic rings. The first-order valence-corrected chi connectivity index (χ1v) is 10.8. The molecule has 0 aromatic rings. The van der Waals surface area contributed by atoms with Gasteiger partial charge in [-0.3, -0.25) is 14.4 Å². The Bertz CT molecular complexity index is 548. The molecular formula is C17H33N5O6S. The highest BCUT2D eigenvalue weighted by atomic mass is 32.2. The lowest BCUT2D eigenvalue weighted by molar-refractivity contribution is -0.143. The van der Waals surface area contributed by atoms with Gasteiger partial charge in [-0.15, -0.1) is 0 Å². The molecule has 0 rings (SSSR count). The number of nitrogens with one attached hydrogen (secondary N) is 3. The van der Waals surface area contributed by atoms with Crippen LogP contribution in [0.25, 0.3) is 0 Å². The van der Waals surface area contributed by atoms with Crippen LogP contribution in [0.5, 0.6) is 0 Å². The Hall–Kier alpha value is -1.89. The van der Waals surface area contributed by atoms with Gasteiger partial charge in [0.2, 0.25) is 17.7 Å². The summed E-state index contributed by atoms with van der Waals surface area (Å²) in [5.41, 5.74) is 11.0. The molecule has 0 aliphatic heterocycles. The molecule has 12 heteroatoms. The second-order valence-electron chi connectivity index (χ2n) is 6.56. The monoisotopic (exact) mass is 435 g/mol. The first-order chi connectivity index (χ1) is 13.7. The molecule has 4 unspecified atom stereocenters. The van der Waals surface area contributed by atoms with E-state index in [4.69, 9.17) is 21.7 Å². The molecule has 0 fully saturated rings. The average molecular weight is 436 g/mol. The third-order valence-corrected chi connectivity index (χ3v) is 4.68. The summed E-state index contributed by atoms with van der Waals surface area (Å²) in [6.45, 7) is 1.10. The van der Waals surface area contributed by atoms with Crippen LogP contribution in [0.4, 0.5) is 0 Å². The van der Waals surface area contributed by atoms with Gasteiger partial charge in [-0.2, -0.15) is 11.8 Å². The smallest absolute Gasteiger partial charge is 0.328 e. The van der Waals surface area contributed by atoms with E-state index in [0.717, 1.165) is 0 Å². The van der Waals surface area contributed by atoms with Gasteiger partial charge in [0.15, 0.2) is 0 Å². The van der Waals surface area contributed by atoms with Crippen molar-refractivity contribution >= 4 is 35.5 Å². The quantitative estimate of drug-likeness (QED) is 0.139. The van der Waals surface area contributed by atoms with E-state index in [2.05, 4.69) is 16.0 Å². The Kier molecular flexibility index (Phi) is 14.0. The fourth-order valence-electron chi connectivity index (χ4n) is 2.30. The number of rotatable bonds is 15. The number of aliphatic hydroxyl groups is 1. The molecule has 0 aliphatic carbocycles. The molecule has 0 saturated heterocycles. The van der Waals surface area contributed by atoms with Crippen LogP contribution in [0.15, 0.2) is 0 Å². The van der Waals surface area contributed by atoms with Gasteiger partial charge in [-0.1, -0.05) is 0 Å². The minimum absolute atomic E-state index is 0.225. The summed E-state index contributed by atoms with van der Waals surface area (Å²) >= 11 is 1.49. The number of hydrogen-bond donors (Lipinski definition) is 7. The number of aliphatic hydroxyl groups excluding tert-OH is 1. The molecule has 0 saturated carbocycles. The molecular weight excluding hydrogens is 402 g/mol. The summed E-state index contributed by atoms with van der Waals surface area (Å²) in [5, 5.41) is 25.4. The van der Waals surface area contributed by atoms with Gasteiger partial charge in [-0.05, 0) is 51.2 Å². The standard InChI is InChI=1S/C17H33N5O6S/c1-10(19)14(24)20-12(6-8-29-2)16(26)21-11(5-3-4-7-18)15(25)22-13(9-23)17(27)28/h10-13,23H,3-9,18-19H2,1-2H3,(H,20,24)(H,21,26)(H,22,25)(H,27,28). The molecule has 168 valence electrons. The zero-order chi connectivity index (χ0) is 22.4. The first kappa shape index (κ1) is 27.1. The lowest BCUT2D eigenvalue weighted by Crippen LogP contribution is -2.57. The molecule has 0 radical (unpaired) electrons.